The Morgan fingerprint density at radius 3 is 1.97 bits per heavy atom. The topological polar surface area (TPSA) is 123 Å². The summed E-state index contributed by atoms with van der Waals surface area (Å²) in [6.07, 6.45) is 1.07. The summed E-state index contributed by atoms with van der Waals surface area (Å²) in [4.78, 5) is 38.8. The average Bonchev–Trinajstić information content (AvgIpc) is 2.72. The molecule has 0 fully saturated rings. The number of rotatable bonds is 3. The molecule has 0 spiro atoms. The van der Waals surface area contributed by atoms with Crippen LogP contribution in [-0.2, 0) is 9.84 Å². The quantitative estimate of drug-likeness (QED) is 0.491. The first-order chi connectivity index (χ1) is 14.2. The third-order valence-corrected chi connectivity index (χ3v) is 6.03. The highest BCUT2D eigenvalue weighted by molar-refractivity contribution is 7.90. The summed E-state index contributed by atoms with van der Waals surface area (Å²) in [5, 5.41) is 2.64. The molecule has 1 aliphatic carbocycles. The summed E-state index contributed by atoms with van der Waals surface area (Å²) >= 11 is 0. The Hall–Kier alpha value is -3.78. The van der Waals surface area contributed by atoms with Crippen LogP contribution in [0, 0.1) is 0 Å². The predicted octanol–water partition coefficient (Wildman–Crippen LogP) is 2.70. The van der Waals surface area contributed by atoms with Crippen LogP contribution in [0.5, 0.6) is 0 Å². The standard InChI is InChI=1S/C22H16N2O5S/c1-30(28,29)13-8-6-12(7-9-13)22(27)24-17-11-10-16(23)18-19(17)21(26)15-5-3-2-4-14(15)20(18)25/h2-11H,23H2,1H3,(H,24,27). The van der Waals surface area contributed by atoms with E-state index in [2.05, 4.69) is 5.32 Å². The zero-order valence-electron chi connectivity index (χ0n) is 15.8. The zero-order valence-corrected chi connectivity index (χ0v) is 16.6. The summed E-state index contributed by atoms with van der Waals surface area (Å²) in [6.45, 7) is 0. The van der Waals surface area contributed by atoms with Gasteiger partial charge in [-0.1, -0.05) is 24.3 Å². The van der Waals surface area contributed by atoms with Crippen LogP contribution in [0.2, 0.25) is 0 Å². The Labute approximate surface area is 172 Å². The molecule has 3 aromatic rings. The van der Waals surface area contributed by atoms with Crippen LogP contribution in [-0.4, -0.2) is 32.1 Å². The van der Waals surface area contributed by atoms with Crippen LogP contribution in [0.15, 0.2) is 65.6 Å². The molecular formula is C22H16N2O5S. The van der Waals surface area contributed by atoms with Crippen LogP contribution in [0.4, 0.5) is 11.4 Å². The summed E-state index contributed by atoms with van der Waals surface area (Å²) in [6, 6.07) is 14.8. The average molecular weight is 420 g/mol. The highest BCUT2D eigenvalue weighted by atomic mass is 32.2. The number of hydrogen-bond acceptors (Lipinski definition) is 6. The van der Waals surface area contributed by atoms with Crippen molar-refractivity contribution in [2.45, 2.75) is 4.90 Å². The van der Waals surface area contributed by atoms with Gasteiger partial charge in [0.25, 0.3) is 5.91 Å². The number of nitrogen functional groups attached to an aromatic ring is 1. The number of sulfone groups is 1. The van der Waals surface area contributed by atoms with Crippen LogP contribution in [0.1, 0.15) is 42.2 Å². The van der Waals surface area contributed by atoms with Crippen molar-refractivity contribution in [1.82, 2.24) is 0 Å². The molecule has 0 heterocycles. The number of hydrogen-bond donors (Lipinski definition) is 2. The molecule has 8 heteroatoms. The lowest BCUT2D eigenvalue weighted by Gasteiger charge is -2.21. The van der Waals surface area contributed by atoms with E-state index in [0.717, 1.165) is 6.26 Å². The number of carbonyl (C=O) groups is 3. The number of amides is 1. The third kappa shape index (κ3) is 3.17. The van der Waals surface area contributed by atoms with Crippen LogP contribution in [0.25, 0.3) is 0 Å². The summed E-state index contributed by atoms with van der Waals surface area (Å²) in [5.41, 5.74) is 7.09. The SMILES string of the molecule is CS(=O)(=O)c1ccc(C(=O)Nc2ccc(N)c3c2C(=O)c2ccccc2C3=O)cc1. The molecular weight excluding hydrogens is 404 g/mol. The first kappa shape index (κ1) is 19.5. The van der Waals surface area contributed by atoms with Gasteiger partial charge in [-0.3, -0.25) is 14.4 Å². The van der Waals surface area contributed by atoms with E-state index >= 15 is 0 Å². The zero-order chi connectivity index (χ0) is 21.6. The molecule has 7 nitrogen and oxygen atoms in total. The highest BCUT2D eigenvalue weighted by Gasteiger charge is 2.33. The maximum atomic E-state index is 13.1. The molecule has 4 rings (SSSR count). The Balaban J connectivity index is 1.74. The van der Waals surface area contributed by atoms with Crippen molar-refractivity contribution >= 4 is 38.7 Å². The Kier molecular flexibility index (Phi) is 4.51. The second kappa shape index (κ2) is 6.93. The van der Waals surface area contributed by atoms with Crippen molar-refractivity contribution in [2.75, 3.05) is 17.3 Å². The van der Waals surface area contributed by atoms with Gasteiger partial charge < -0.3 is 11.1 Å². The van der Waals surface area contributed by atoms with Gasteiger partial charge in [-0.05, 0) is 36.4 Å². The van der Waals surface area contributed by atoms with Gasteiger partial charge in [0.2, 0.25) is 0 Å². The summed E-state index contributed by atoms with van der Waals surface area (Å²) in [5.74, 6) is -1.34. The van der Waals surface area contributed by atoms with Gasteiger partial charge in [-0.15, -0.1) is 0 Å². The fourth-order valence-corrected chi connectivity index (χ4v) is 4.03. The van der Waals surface area contributed by atoms with E-state index in [4.69, 9.17) is 5.73 Å². The van der Waals surface area contributed by atoms with Gasteiger partial charge in [0.1, 0.15) is 0 Å². The normalized spacial score (nSPS) is 12.8. The monoisotopic (exact) mass is 420 g/mol. The molecule has 0 unspecified atom stereocenters. The largest absolute Gasteiger partial charge is 0.398 e. The third-order valence-electron chi connectivity index (χ3n) is 4.90. The molecule has 3 N–H and O–H groups in total. The van der Waals surface area contributed by atoms with Gasteiger partial charge in [0.05, 0.1) is 21.7 Å². The summed E-state index contributed by atoms with van der Waals surface area (Å²) in [7, 11) is -3.39. The van der Waals surface area contributed by atoms with E-state index in [1.165, 1.54) is 36.4 Å². The molecule has 0 saturated heterocycles. The number of benzene rings is 3. The van der Waals surface area contributed by atoms with Gasteiger partial charge in [-0.25, -0.2) is 8.42 Å². The van der Waals surface area contributed by atoms with Crippen molar-refractivity contribution in [3.63, 3.8) is 0 Å². The second-order valence-corrected chi connectivity index (χ2v) is 8.92. The molecule has 0 aromatic heterocycles. The number of ketones is 2. The molecule has 1 amide bonds. The van der Waals surface area contributed by atoms with E-state index in [1.807, 2.05) is 0 Å². The number of fused-ring (bicyclic) bond motifs is 2. The van der Waals surface area contributed by atoms with Crippen molar-refractivity contribution in [1.29, 1.82) is 0 Å². The van der Waals surface area contributed by atoms with E-state index < -0.39 is 21.5 Å². The van der Waals surface area contributed by atoms with Gasteiger partial charge in [0.15, 0.2) is 21.4 Å². The molecule has 0 radical (unpaired) electrons. The molecule has 0 saturated carbocycles. The van der Waals surface area contributed by atoms with Crippen LogP contribution in [0.3, 0.4) is 0 Å². The van der Waals surface area contributed by atoms with Gasteiger partial charge >= 0.3 is 0 Å². The lowest BCUT2D eigenvalue weighted by atomic mass is 9.82. The van der Waals surface area contributed by atoms with Crippen molar-refractivity contribution in [3.8, 4) is 0 Å². The molecule has 30 heavy (non-hydrogen) atoms. The Bertz CT molecular complexity index is 1340. The van der Waals surface area contributed by atoms with E-state index in [-0.39, 0.29) is 49.9 Å². The molecule has 150 valence electrons. The maximum Gasteiger partial charge on any atom is 0.255 e. The van der Waals surface area contributed by atoms with Crippen LogP contribution >= 0.6 is 0 Å². The highest BCUT2D eigenvalue weighted by Crippen LogP contribution is 2.35. The van der Waals surface area contributed by atoms with Crippen molar-refractivity contribution in [3.05, 3.63) is 88.5 Å². The molecule has 0 bridgehead atoms. The van der Waals surface area contributed by atoms with E-state index in [1.54, 1.807) is 24.3 Å². The lowest BCUT2D eigenvalue weighted by Crippen LogP contribution is -2.25. The molecule has 3 aromatic carbocycles. The number of nitrogens with one attached hydrogen (secondary N) is 1. The lowest BCUT2D eigenvalue weighted by molar-refractivity contribution is 0.0979. The minimum atomic E-state index is -3.39. The van der Waals surface area contributed by atoms with Gasteiger partial charge in [-0.2, -0.15) is 0 Å². The molecule has 1 aliphatic rings. The molecule has 0 aliphatic heterocycles. The fraction of sp³-hybridized carbons (Fsp3) is 0.0455. The summed E-state index contributed by atoms with van der Waals surface area (Å²) < 4.78 is 23.2. The van der Waals surface area contributed by atoms with E-state index in [9.17, 15) is 22.8 Å². The minimum absolute atomic E-state index is 0.0415. The Morgan fingerprint density at radius 1 is 0.833 bits per heavy atom. The molecule has 0 atom stereocenters. The van der Waals surface area contributed by atoms with Crippen molar-refractivity contribution < 1.29 is 22.8 Å². The number of nitrogens with two attached hydrogens (primary N) is 1. The van der Waals surface area contributed by atoms with Gasteiger partial charge in [0, 0.05) is 28.6 Å². The Morgan fingerprint density at radius 2 is 1.40 bits per heavy atom. The smallest absolute Gasteiger partial charge is 0.255 e. The van der Waals surface area contributed by atoms with Crippen molar-refractivity contribution in [2.24, 2.45) is 0 Å². The number of carbonyl (C=O) groups excluding carboxylic acids is 3. The number of anilines is 2. The first-order valence-corrected chi connectivity index (χ1v) is 10.8. The van der Waals surface area contributed by atoms with Crippen LogP contribution < -0.4 is 11.1 Å². The predicted molar refractivity (Wildman–Crippen MR) is 112 cm³/mol. The maximum absolute atomic E-state index is 13.1. The second-order valence-electron chi connectivity index (χ2n) is 6.91. The minimum Gasteiger partial charge on any atom is -0.398 e. The fourth-order valence-electron chi connectivity index (χ4n) is 3.40. The van der Waals surface area contributed by atoms with E-state index in [0.29, 0.717) is 0 Å². The first-order valence-electron chi connectivity index (χ1n) is 8.91.